The normalized spacial score (nSPS) is 14.6. The molecule has 5 rings (SSSR count). The summed E-state index contributed by atoms with van der Waals surface area (Å²) in [5.41, 5.74) is 8.66. The first-order valence-electron chi connectivity index (χ1n) is 10.7. The largest absolute Gasteiger partial charge is 0.378 e. The van der Waals surface area contributed by atoms with Gasteiger partial charge < -0.3 is 14.2 Å². The summed E-state index contributed by atoms with van der Waals surface area (Å²) < 4.78 is 7.73. The molecule has 3 heterocycles. The first kappa shape index (κ1) is 19.5. The van der Waals surface area contributed by atoms with Crippen LogP contribution < -0.4 is 4.90 Å². The van der Waals surface area contributed by atoms with Crippen molar-refractivity contribution in [3.05, 3.63) is 83.4 Å². The molecule has 5 nitrogen and oxygen atoms in total. The molecule has 4 aromatic rings. The number of benzene rings is 2. The van der Waals surface area contributed by atoms with Crippen LogP contribution in [-0.2, 0) is 4.74 Å². The van der Waals surface area contributed by atoms with Crippen molar-refractivity contribution in [2.24, 2.45) is 0 Å². The van der Waals surface area contributed by atoms with Gasteiger partial charge in [-0.25, -0.2) is 4.98 Å². The summed E-state index contributed by atoms with van der Waals surface area (Å²) in [5, 5.41) is 0. The Balaban J connectivity index is 1.40. The van der Waals surface area contributed by atoms with Gasteiger partial charge in [-0.3, -0.25) is 4.98 Å². The molecule has 0 atom stereocenters. The molecule has 0 amide bonds. The quantitative estimate of drug-likeness (QED) is 0.473. The highest BCUT2D eigenvalue weighted by Gasteiger charge is 2.12. The molecule has 5 heteroatoms. The third-order valence-corrected chi connectivity index (χ3v) is 5.84. The summed E-state index contributed by atoms with van der Waals surface area (Å²) in [6.45, 7) is 7.68. The fraction of sp³-hybridized carbons (Fsp3) is 0.231. The lowest BCUT2D eigenvalue weighted by atomic mass is 10.2. The Morgan fingerprint density at radius 1 is 0.871 bits per heavy atom. The van der Waals surface area contributed by atoms with Crippen molar-refractivity contribution in [3.63, 3.8) is 0 Å². The summed E-state index contributed by atoms with van der Waals surface area (Å²) in [6.07, 6.45) is 6.01. The van der Waals surface area contributed by atoms with Crippen molar-refractivity contribution < 1.29 is 4.74 Å². The molecule has 0 N–H and O–H groups in total. The van der Waals surface area contributed by atoms with Crippen LogP contribution in [0, 0.1) is 13.8 Å². The Hall–Kier alpha value is -3.44. The van der Waals surface area contributed by atoms with Crippen molar-refractivity contribution in [1.82, 2.24) is 14.5 Å². The lowest BCUT2D eigenvalue weighted by molar-refractivity contribution is 0.122. The van der Waals surface area contributed by atoms with Gasteiger partial charge in [-0.2, -0.15) is 0 Å². The number of hydrogen-bond donors (Lipinski definition) is 0. The maximum atomic E-state index is 5.45. The average molecular weight is 411 g/mol. The maximum Gasteiger partial charge on any atom is 0.0907 e. The third kappa shape index (κ3) is 3.97. The fourth-order valence-electron chi connectivity index (χ4n) is 4.22. The number of aromatic nitrogens is 3. The van der Waals surface area contributed by atoms with Gasteiger partial charge in [-0.15, -0.1) is 0 Å². The first-order chi connectivity index (χ1) is 15.2. The second kappa shape index (κ2) is 8.36. The van der Waals surface area contributed by atoms with Gasteiger partial charge in [0.15, 0.2) is 0 Å². The van der Waals surface area contributed by atoms with Crippen LogP contribution in [0.2, 0.25) is 0 Å². The van der Waals surface area contributed by atoms with E-state index in [1.54, 1.807) is 0 Å². The molecule has 1 aliphatic rings. The summed E-state index contributed by atoms with van der Waals surface area (Å²) in [6, 6.07) is 19.0. The van der Waals surface area contributed by atoms with Gasteiger partial charge in [0, 0.05) is 35.9 Å². The zero-order valence-electron chi connectivity index (χ0n) is 18.0. The molecule has 31 heavy (non-hydrogen) atoms. The Bertz CT molecular complexity index is 1240. The number of hydrogen-bond acceptors (Lipinski definition) is 4. The number of rotatable bonds is 4. The van der Waals surface area contributed by atoms with Crippen LogP contribution in [0.4, 0.5) is 5.69 Å². The molecule has 1 fully saturated rings. The molecule has 0 saturated carbocycles. The maximum absolute atomic E-state index is 5.45. The van der Waals surface area contributed by atoms with E-state index < -0.39 is 0 Å². The highest BCUT2D eigenvalue weighted by atomic mass is 16.5. The number of ether oxygens (including phenoxy) is 1. The molecule has 0 unspecified atom stereocenters. The molecule has 1 saturated heterocycles. The first-order valence-corrected chi connectivity index (χ1v) is 10.7. The van der Waals surface area contributed by atoms with Gasteiger partial charge in [0.25, 0.3) is 0 Å². The fourth-order valence-corrected chi connectivity index (χ4v) is 4.22. The molecule has 2 aromatic carbocycles. The van der Waals surface area contributed by atoms with E-state index >= 15 is 0 Å². The Morgan fingerprint density at radius 3 is 2.48 bits per heavy atom. The second-order valence-electron chi connectivity index (χ2n) is 7.90. The summed E-state index contributed by atoms with van der Waals surface area (Å²) in [4.78, 5) is 11.8. The van der Waals surface area contributed by atoms with Gasteiger partial charge in [0.2, 0.25) is 0 Å². The minimum Gasteiger partial charge on any atom is -0.378 e. The minimum atomic E-state index is 0.776. The highest BCUT2D eigenvalue weighted by Crippen LogP contribution is 2.24. The van der Waals surface area contributed by atoms with Crippen molar-refractivity contribution in [1.29, 1.82) is 0 Å². The van der Waals surface area contributed by atoms with Gasteiger partial charge >= 0.3 is 0 Å². The van der Waals surface area contributed by atoms with Gasteiger partial charge in [-0.1, -0.05) is 24.3 Å². The summed E-state index contributed by atoms with van der Waals surface area (Å²) >= 11 is 0. The van der Waals surface area contributed by atoms with Gasteiger partial charge in [0.1, 0.15) is 0 Å². The number of fused-ring (bicyclic) bond motifs is 1. The molecule has 0 bridgehead atoms. The number of aryl methyl sites for hydroxylation is 1. The minimum absolute atomic E-state index is 0.776. The van der Waals surface area contributed by atoms with E-state index in [0.717, 1.165) is 43.0 Å². The molecule has 2 aromatic heterocycles. The lowest BCUT2D eigenvalue weighted by Gasteiger charge is -2.28. The van der Waals surface area contributed by atoms with Crippen LogP contribution in [0.25, 0.3) is 28.9 Å². The predicted octanol–water partition coefficient (Wildman–Crippen LogP) is 5.04. The standard InChI is InChI=1S/C26H26N4O/c1-19-16-21(20(2)30(19)23-6-4-3-5-7-23)8-9-22-18-27-26-17-24(10-11-25(26)28-22)29-12-14-31-15-13-29/h3-11,16-18H,12-15H2,1-2H3. The number of morpholine rings is 1. The smallest absolute Gasteiger partial charge is 0.0907 e. The van der Waals surface area contributed by atoms with Crippen LogP contribution >= 0.6 is 0 Å². The second-order valence-corrected chi connectivity index (χ2v) is 7.90. The van der Waals surface area contributed by atoms with Crippen LogP contribution in [0.1, 0.15) is 22.6 Å². The molecule has 0 spiro atoms. The van der Waals surface area contributed by atoms with E-state index in [4.69, 9.17) is 9.72 Å². The topological polar surface area (TPSA) is 43.2 Å². The Kier molecular flexibility index (Phi) is 5.26. The third-order valence-electron chi connectivity index (χ3n) is 5.84. The molecule has 0 radical (unpaired) electrons. The van der Waals surface area contributed by atoms with Crippen molar-refractivity contribution >= 4 is 28.9 Å². The van der Waals surface area contributed by atoms with E-state index in [9.17, 15) is 0 Å². The van der Waals surface area contributed by atoms with Crippen LogP contribution in [0.5, 0.6) is 0 Å². The zero-order valence-corrected chi connectivity index (χ0v) is 18.0. The molecule has 156 valence electrons. The summed E-state index contributed by atoms with van der Waals surface area (Å²) in [5.74, 6) is 0. The lowest BCUT2D eigenvalue weighted by Crippen LogP contribution is -2.36. The zero-order chi connectivity index (χ0) is 21.2. The highest BCUT2D eigenvalue weighted by molar-refractivity contribution is 5.80. The van der Waals surface area contributed by atoms with E-state index in [1.165, 1.54) is 28.3 Å². The van der Waals surface area contributed by atoms with Crippen molar-refractivity contribution in [3.8, 4) is 5.69 Å². The summed E-state index contributed by atoms with van der Waals surface area (Å²) in [7, 11) is 0. The SMILES string of the molecule is Cc1cc(C=Cc2cnc3cc(N4CCOCC4)ccc3n2)c(C)n1-c1ccccc1. The monoisotopic (exact) mass is 410 g/mol. The molecule has 1 aliphatic heterocycles. The van der Waals surface area contributed by atoms with Crippen LogP contribution in [0.3, 0.4) is 0 Å². The molecular weight excluding hydrogens is 384 g/mol. The van der Waals surface area contributed by atoms with Crippen molar-refractivity contribution in [2.75, 3.05) is 31.2 Å². The Morgan fingerprint density at radius 2 is 1.68 bits per heavy atom. The van der Waals surface area contributed by atoms with Crippen molar-refractivity contribution in [2.45, 2.75) is 13.8 Å². The van der Waals surface area contributed by atoms with Crippen LogP contribution in [-0.4, -0.2) is 40.8 Å². The molecular formula is C26H26N4O. The van der Waals surface area contributed by atoms with Gasteiger partial charge in [0.05, 0.1) is 36.1 Å². The van der Waals surface area contributed by atoms with Crippen LogP contribution in [0.15, 0.2) is 60.8 Å². The number of para-hydroxylation sites is 1. The van der Waals surface area contributed by atoms with E-state index in [-0.39, 0.29) is 0 Å². The van der Waals surface area contributed by atoms with E-state index in [1.807, 2.05) is 18.3 Å². The van der Waals surface area contributed by atoms with E-state index in [0.29, 0.717) is 0 Å². The van der Waals surface area contributed by atoms with E-state index in [2.05, 4.69) is 82.9 Å². The van der Waals surface area contributed by atoms with Gasteiger partial charge in [-0.05, 0) is 61.9 Å². The number of anilines is 1. The number of nitrogens with zero attached hydrogens (tertiary/aromatic N) is 4. The Labute approximate surface area is 182 Å². The molecule has 0 aliphatic carbocycles. The average Bonchev–Trinajstić information content (AvgIpc) is 3.11. The predicted molar refractivity (Wildman–Crippen MR) is 127 cm³/mol.